The van der Waals surface area contributed by atoms with Gasteiger partial charge in [0.25, 0.3) is 5.91 Å². The number of carbonyl (C=O) groups excluding carboxylic acids is 2. The molecule has 0 aliphatic heterocycles. The Bertz CT molecular complexity index is 914. The van der Waals surface area contributed by atoms with Crippen molar-refractivity contribution in [2.75, 3.05) is 25.7 Å². The van der Waals surface area contributed by atoms with E-state index in [4.69, 9.17) is 4.74 Å². The molecule has 0 bridgehead atoms. The van der Waals surface area contributed by atoms with Crippen LogP contribution in [0.15, 0.2) is 48.5 Å². The van der Waals surface area contributed by atoms with Gasteiger partial charge in [0.15, 0.2) is 0 Å². The van der Waals surface area contributed by atoms with Crippen molar-refractivity contribution in [3.05, 3.63) is 65.5 Å². The van der Waals surface area contributed by atoms with Gasteiger partial charge in [-0.2, -0.15) is 11.8 Å². The number of carbonyl (C=O) groups is 2. The third kappa shape index (κ3) is 5.82. The average Bonchev–Trinajstić information content (AvgIpc) is 3.30. The molecule has 2 amide bonds. The average molecular weight is 459 g/mol. The molecule has 172 valence electrons. The fourth-order valence-electron chi connectivity index (χ4n) is 4.37. The lowest BCUT2D eigenvalue weighted by atomic mass is 9.78. The minimum absolute atomic E-state index is 0.194. The Morgan fingerprint density at radius 1 is 1.12 bits per heavy atom. The van der Waals surface area contributed by atoms with Gasteiger partial charge in [-0.15, -0.1) is 0 Å². The van der Waals surface area contributed by atoms with Gasteiger partial charge in [0.2, 0.25) is 5.91 Å². The van der Waals surface area contributed by atoms with Gasteiger partial charge in [-0.1, -0.05) is 37.1 Å². The molecule has 1 aliphatic rings. The summed E-state index contributed by atoms with van der Waals surface area (Å²) in [5.41, 5.74) is 1.26. The first-order valence-electron chi connectivity index (χ1n) is 11.0. The second-order valence-corrected chi connectivity index (χ2v) is 9.21. The molecule has 0 radical (unpaired) electrons. The summed E-state index contributed by atoms with van der Waals surface area (Å²) in [7, 11) is 1.51. The summed E-state index contributed by atoms with van der Waals surface area (Å²) in [6, 6.07) is 12.9. The number of rotatable bonds is 10. The van der Waals surface area contributed by atoms with Gasteiger partial charge in [0.05, 0.1) is 12.7 Å². The first kappa shape index (κ1) is 24.1. The maximum atomic E-state index is 13.4. The molecular weight excluding hydrogens is 427 g/mol. The molecule has 2 aromatic carbocycles. The molecule has 32 heavy (non-hydrogen) atoms. The summed E-state index contributed by atoms with van der Waals surface area (Å²) in [6.45, 7) is 0.470. The van der Waals surface area contributed by atoms with E-state index in [1.165, 1.54) is 19.2 Å². The Balaban J connectivity index is 1.71. The highest BCUT2D eigenvalue weighted by Crippen LogP contribution is 2.40. The van der Waals surface area contributed by atoms with Gasteiger partial charge in [0.1, 0.15) is 17.6 Å². The molecule has 1 saturated carbocycles. The standard InChI is InChI=1S/C25H31FN2O3S/c1-31-22-8-4-3-7-20(22)23(29)28-21(13-16-32-2)24(30)27-17-25(14-5-6-15-25)18-9-11-19(26)12-10-18/h3-4,7-12,21H,5-6,13-17H2,1-2H3,(H,27,30)(H,28,29). The highest BCUT2D eigenvalue weighted by Gasteiger charge is 2.36. The van der Waals surface area contributed by atoms with E-state index in [0.717, 1.165) is 37.0 Å². The van der Waals surface area contributed by atoms with E-state index in [1.807, 2.05) is 18.4 Å². The number of hydrogen-bond acceptors (Lipinski definition) is 4. The Labute approximate surface area is 193 Å². The van der Waals surface area contributed by atoms with E-state index < -0.39 is 6.04 Å². The van der Waals surface area contributed by atoms with Crippen LogP contribution in [-0.4, -0.2) is 43.5 Å². The number of methoxy groups -OCH3 is 1. The molecule has 2 N–H and O–H groups in total. The molecule has 1 aliphatic carbocycles. The van der Waals surface area contributed by atoms with Crippen LogP contribution in [0.25, 0.3) is 0 Å². The Morgan fingerprint density at radius 3 is 2.47 bits per heavy atom. The van der Waals surface area contributed by atoms with Crippen LogP contribution in [0.3, 0.4) is 0 Å². The monoisotopic (exact) mass is 458 g/mol. The number of halogens is 1. The molecule has 1 atom stereocenters. The summed E-state index contributed by atoms with van der Waals surface area (Å²) in [6.07, 6.45) is 6.54. The van der Waals surface area contributed by atoms with Gasteiger partial charge in [0, 0.05) is 12.0 Å². The van der Waals surface area contributed by atoms with Crippen LogP contribution in [0, 0.1) is 5.82 Å². The molecule has 0 spiro atoms. The SMILES string of the molecule is COc1ccccc1C(=O)NC(CCSC)C(=O)NCC1(c2ccc(F)cc2)CCCC1. The van der Waals surface area contributed by atoms with E-state index in [-0.39, 0.29) is 23.0 Å². The first-order valence-corrected chi connectivity index (χ1v) is 12.3. The number of ether oxygens (including phenoxy) is 1. The molecule has 1 fully saturated rings. The van der Waals surface area contributed by atoms with Crippen molar-refractivity contribution in [2.24, 2.45) is 0 Å². The van der Waals surface area contributed by atoms with Crippen LogP contribution in [0.4, 0.5) is 4.39 Å². The third-order valence-electron chi connectivity index (χ3n) is 6.20. The Kier molecular flexibility index (Phi) is 8.56. The molecule has 2 aromatic rings. The van der Waals surface area contributed by atoms with E-state index in [1.54, 1.807) is 36.0 Å². The van der Waals surface area contributed by atoms with Gasteiger partial charge < -0.3 is 15.4 Å². The molecule has 1 unspecified atom stereocenters. The summed E-state index contributed by atoms with van der Waals surface area (Å²) in [5.74, 6) is 0.416. The van der Waals surface area contributed by atoms with Crippen molar-refractivity contribution in [3.63, 3.8) is 0 Å². The zero-order valence-electron chi connectivity index (χ0n) is 18.7. The lowest BCUT2D eigenvalue weighted by Gasteiger charge is -2.31. The Hall–Kier alpha value is -2.54. The fraction of sp³-hybridized carbons (Fsp3) is 0.440. The van der Waals surface area contributed by atoms with Crippen LogP contribution in [-0.2, 0) is 10.2 Å². The van der Waals surface area contributed by atoms with E-state index in [0.29, 0.717) is 24.3 Å². The smallest absolute Gasteiger partial charge is 0.255 e. The van der Waals surface area contributed by atoms with Crippen molar-refractivity contribution in [1.29, 1.82) is 0 Å². The molecule has 3 rings (SSSR count). The van der Waals surface area contributed by atoms with Crippen LogP contribution in [0.5, 0.6) is 5.75 Å². The lowest BCUT2D eigenvalue weighted by molar-refractivity contribution is -0.123. The van der Waals surface area contributed by atoms with E-state index in [2.05, 4.69) is 10.6 Å². The number of para-hydroxylation sites is 1. The van der Waals surface area contributed by atoms with Crippen molar-refractivity contribution < 1.29 is 18.7 Å². The fourth-order valence-corrected chi connectivity index (χ4v) is 4.85. The van der Waals surface area contributed by atoms with Crippen molar-refractivity contribution in [2.45, 2.75) is 43.6 Å². The molecule has 5 nitrogen and oxygen atoms in total. The van der Waals surface area contributed by atoms with Crippen molar-refractivity contribution >= 4 is 23.6 Å². The molecule has 0 saturated heterocycles. The third-order valence-corrected chi connectivity index (χ3v) is 6.85. The number of thioether (sulfide) groups is 1. The minimum atomic E-state index is -0.647. The lowest BCUT2D eigenvalue weighted by Crippen LogP contribution is -2.50. The minimum Gasteiger partial charge on any atom is -0.496 e. The summed E-state index contributed by atoms with van der Waals surface area (Å²) < 4.78 is 18.7. The summed E-state index contributed by atoms with van der Waals surface area (Å²) in [5, 5.41) is 5.97. The Morgan fingerprint density at radius 2 is 1.81 bits per heavy atom. The zero-order chi connectivity index (χ0) is 23.0. The van der Waals surface area contributed by atoms with Gasteiger partial charge in [-0.3, -0.25) is 9.59 Å². The highest BCUT2D eigenvalue weighted by molar-refractivity contribution is 7.98. The van der Waals surface area contributed by atoms with Crippen molar-refractivity contribution in [3.8, 4) is 5.75 Å². The van der Waals surface area contributed by atoms with Crippen LogP contribution in [0.2, 0.25) is 0 Å². The summed E-state index contributed by atoms with van der Waals surface area (Å²) >= 11 is 1.63. The quantitative estimate of drug-likeness (QED) is 0.557. The molecular formula is C25H31FN2O3S. The van der Waals surface area contributed by atoms with Gasteiger partial charge >= 0.3 is 0 Å². The van der Waals surface area contributed by atoms with Crippen LogP contribution in [0.1, 0.15) is 48.0 Å². The van der Waals surface area contributed by atoms with Crippen molar-refractivity contribution in [1.82, 2.24) is 10.6 Å². The predicted molar refractivity (Wildman–Crippen MR) is 127 cm³/mol. The number of benzene rings is 2. The van der Waals surface area contributed by atoms with Crippen LogP contribution < -0.4 is 15.4 Å². The number of amides is 2. The predicted octanol–water partition coefficient (Wildman–Crippen LogP) is 4.31. The first-order chi connectivity index (χ1) is 15.5. The second-order valence-electron chi connectivity index (χ2n) is 8.22. The largest absolute Gasteiger partial charge is 0.496 e. The molecule has 0 heterocycles. The van der Waals surface area contributed by atoms with E-state index in [9.17, 15) is 14.0 Å². The van der Waals surface area contributed by atoms with Gasteiger partial charge in [-0.25, -0.2) is 4.39 Å². The maximum absolute atomic E-state index is 13.4. The van der Waals surface area contributed by atoms with E-state index >= 15 is 0 Å². The molecule has 0 aromatic heterocycles. The normalized spacial score (nSPS) is 15.7. The maximum Gasteiger partial charge on any atom is 0.255 e. The number of hydrogen-bond donors (Lipinski definition) is 2. The zero-order valence-corrected chi connectivity index (χ0v) is 19.5. The number of nitrogens with one attached hydrogen (secondary N) is 2. The van der Waals surface area contributed by atoms with Crippen LogP contribution >= 0.6 is 11.8 Å². The molecule has 7 heteroatoms. The van der Waals surface area contributed by atoms with Gasteiger partial charge in [-0.05, 0) is 61.1 Å². The second kappa shape index (κ2) is 11.4. The highest BCUT2D eigenvalue weighted by atomic mass is 32.2. The topological polar surface area (TPSA) is 67.4 Å². The summed E-state index contributed by atoms with van der Waals surface area (Å²) in [4.78, 5) is 26.0.